The Labute approximate surface area is 275 Å². The third-order valence-electron chi connectivity index (χ3n) is 8.14. The molecule has 2 aromatic carbocycles. The highest BCUT2D eigenvalue weighted by Gasteiger charge is 2.47. The van der Waals surface area contributed by atoms with Crippen LogP contribution in [-0.2, 0) is 39.8 Å². The lowest BCUT2D eigenvalue weighted by Crippen LogP contribution is -2.49. The molecule has 11 heteroatoms. The average Bonchev–Trinajstić information content (AvgIpc) is 3.83. The van der Waals surface area contributed by atoms with Gasteiger partial charge in [0.2, 0.25) is 11.8 Å². The number of rotatable bonds is 8. The van der Waals surface area contributed by atoms with Gasteiger partial charge < -0.3 is 29.6 Å². The normalized spacial score (nSPS) is 27.5. The molecule has 2 amide bonds. The number of cyclic esters (lactones) is 2. The van der Waals surface area contributed by atoms with Crippen LogP contribution < -0.4 is 15.4 Å². The van der Waals surface area contributed by atoms with Crippen molar-refractivity contribution in [3.05, 3.63) is 76.8 Å². The zero-order valence-electron chi connectivity index (χ0n) is 26.9. The second-order valence-corrected chi connectivity index (χ2v) is 12.7. The van der Waals surface area contributed by atoms with Gasteiger partial charge in [0.25, 0.3) is 0 Å². The first-order chi connectivity index (χ1) is 22.0. The molecule has 2 heterocycles. The van der Waals surface area contributed by atoms with Crippen molar-refractivity contribution in [2.75, 3.05) is 13.7 Å². The summed E-state index contributed by atoms with van der Waals surface area (Å²) in [6.07, 6.45) is 1.40. The van der Waals surface area contributed by atoms with Crippen molar-refractivity contribution in [1.29, 1.82) is 0 Å². The lowest BCUT2D eigenvalue weighted by molar-refractivity contribution is -0.176. The van der Waals surface area contributed by atoms with E-state index in [2.05, 4.69) is 10.6 Å². The second kappa shape index (κ2) is 16.1. The maximum absolute atomic E-state index is 13.5. The molecule has 0 radical (unpaired) electrons. The molecule has 0 saturated carbocycles. The topological polar surface area (TPSA) is 133 Å². The molecule has 0 aromatic heterocycles. The Morgan fingerprint density at radius 3 is 2.41 bits per heavy atom. The maximum atomic E-state index is 13.5. The molecular weight excluding hydrogens is 612 g/mol. The molecule has 0 spiro atoms. The largest absolute Gasteiger partial charge is 0.495 e. The van der Waals surface area contributed by atoms with Gasteiger partial charge in [-0.25, -0.2) is 4.79 Å². The number of carbonyl (C=O) groups excluding carboxylic acids is 4. The number of hydrogen-bond donors (Lipinski definition) is 2. The predicted molar refractivity (Wildman–Crippen MR) is 172 cm³/mol. The summed E-state index contributed by atoms with van der Waals surface area (Å²) in [4.78, 5) is 52.9. The Bertz CT molecular complexity index is 1410. The van der Waals surface area contributed by atoms with Gasteiger partial charge in [-0.3, -0.25) is 14.4 Å². The van der Waals surface area contributed by atoms with Gasteiger partial charge in [0.1, 0.15) is 24.0 Å². The molecule has 2 N–H and O–H groups in total. The highest BCUT2D eigenvalue weighted by molar-refractivity contribution is 6.32. The number of ether oxygens (including phenoxy) is 4. The summed E-state index contributed by atoms with van der Waals surface area (Å²) in [6, 6.07) is 13.9. The van der Waals surface area contributed by atoms with Crippen LogP contribution in [0.3, 0.4) is 0 Å². The summed E-state index contributed by atoms with van der Waals surface area (Å²) in [7, 11) is 1.51. The molecule has 2 aliphatic rings. The Morgan fingerprint density at radius 2 is 1.74 bits per heavy atom. The Kier molecular flexibility index (Phi) is 12.2. The van der Waals surface area contributed by atoms with E-state index in [1.165, 1.54) is 13.2 Å². The second-order valence-electron chi connectivity index (χ2n) is 12.3. The van der Waals surface area contributed by atoms with Crippen molar-refractivity contribution in [3.8, 4) is 5.75 Å². The van der Waals surface area contributed by atoms with E-state index in [0.717, 1.165) is 5.56 Å². The minimum absolute atomic E-state index is 0.0341. The van der Waals surface area contributed by atoms with Gasteiger partial charge in [-0.1, -0.05) is 81.8 Å². The van der Waals surface area contributed by atoms with E-state index in [9.17, 15) is 19.2 Å². The van der Waals surface area contributed by atoms with Gasteiger partial charge >= 0.3 is 11.9 Å². The number of benzene rings is 2. The van der Waals surface area contributed by atoms with E-state index in [4.69, 9.17) is 30.5 Å². The van der Waals surface area contributed by atoms with Crippen LogP contribution in [0.2, 0.25) is 5.02 Å². The standard InChI is InChI=1S/C35H43ClN2O8/c1-20(2)16-29-35(42)44-27(22(4)31-32(46-31)24-10-7-6-8-11-24)12-9-13-30(39)38-26(33(40)37-19-21(3)34(41)45-29)18-23-14-15-28(43-5)25(36)17-23/h6-11,13-15,17,20-22,26-27,29,31-32H,12,16,18-19H2,1-5H3,(H,37,40)(H,38,39)/b13-9-/t21-,22+,26-,27+,29+,31+,32+/m1/s1. The van der Waals surface area contributed by atoms with Crippen LogP contribution in [0.25, 0.3) is 0 Å². The zero-order valence-corrected chi connectivity index (χ0v) is 27.6. The smallest absolute Gasteiger partial charge is 0.347 e. The minimum atomic E-state index is -1.13. The van der Waals surface area contributed by atoms with E-state index in [1.807, 2.05) is 51.1 Å². The van der Waals surface area contributed by atoms with Crippen LogP contribution in [-0.4, -0.2) is 61.8 Å². The number of methoxy groups -OCH3 is 1. The lowest BCUT2D eigenvalue weighted by atomic mass is 9.93. The van der Waals surface area contributed by atoms with Crippen LogP contribution in [0.5, 0.6) is 5.75 Å². The first kappa shape index (κ1) is 35.0. The molecule has 0 unspecified atom stereocenters. The Hall–Kier alpha value is -3.89. The first-order valence-corrected chi connectivity index (χ1v) is 16.0. The molecule has 2 aliphatic heterocycles. The third-order valence-corrected chi connectivity index (χ3v) is 8.44. The van der Waals surface area contributed by atoms with Crippen molar-refractivity contribution in [2.24, 2.45) is 17.8 Å². The molecule has 1 fully saturated rings. The number of amides is 2. The van der Waals surface area contributed by atoms with E-state index >= 15 is 0 Å². The van der Waals surface area contributed by atoms with Gasteiger partial charge in [0.15, 0.2) is 6.10 Å². The number of carbonyl (C=O) groups is 4. The number of nitrogens with one attached hydrogen (secondary N) is 2. The molecule has 0 aliphatic carbocycles. The molecule has 1 saturated heterocycles. The Balaban J connectivity index is 1.58. The van der Waals surface area contributed by atoms with Crippen molar-refractivity contribution >= 4 is 35.4 Å². The summed E-state index contributed by atoms with van der Waals surface area (Å²) < 4.78 is 22.9. The van der Waals surface area contributed by atoms with Gasteiger partial charge in [0.05, 0.1) is 24.2 Å². The number of hydrogen-bond acceptors (Lipinski definition) is 8. The van der Waals surface area contributed by atoms with Gasteiger partial charge in [-0.15, -0.1) is 0 Å². The fourth-order valence-electron chi connectivity index (χ4n) is 5.39. The zero-order chi connectivity index (χ0) is 33.4. The molecule has 4 rings (SSSR count). The van der Waals surface area contributed by atoms with E-state index in [0.29, 0.717) is 16.3 Å². The van der Waals surface area contributed by atoms with Crippen LogP contribution in [0.15, 0.2) is 60.7 Å². The quantitative estimate of drug-likeness (QED) is 0.308. The summed E-state index contributed by atoms with van der Waals surface area (Å²) in [5.41, 5.74) is 1.73. The highest BCUT2D eigenvalue weighted by atomic mass is 35.5. The molecule has 7 atom stereocenters. The maximum Gasteiger partial charge on any atom is 0.347 e. The highest BCUT2D eigenvalue weighted by Crippen LogP contribution is 2.45. The van der Waals surface area contributed by atoms with Gasteiger partial charge in [0, 0.05) is 25.3 Å². The van der Waals surface area contributed by atoms with Crippen molar-refractivity contribution in [2.45, 2.75) is 77.4 Å². The van der Waals surface area contributed by atoms with E-state index in [1.54, 1.807) is 31.2 Å². The van der Waals surface area contributed by atoms with Crippen molar-refractivity contribution in [1.82, 2.24) is 10.6 Å². The molecule has 2 aromatic rings. The molecule has 10 nitrogen and oxygen atoms in total. The van der Waals surface area contributed by atoms with E-state index in [-0.39, 0.29) is 49.9 Å². The average molecular weight is 655 g/mol. The number of esters is 2. The Morgan fingerprint density at radius 1 is 1.00 bits per heavy atom. The number of halogens is 1. The van der Waals surface area contributed by atoms with Crippen LogP contribution in [0.1, 0.15) is 57.8 Å². The van der Waals surface area contributed by atoms with Crippen LogP contribution in [0.4, 0.5) is 0 Å². The molecule has 46 heavy (non-hydrogen) atoms. The summed E-state index contributed by atoms with van der Waals surface area (Å²) in [5, 5.41) is 5.86. The first-order valence-electron chi connectivity index (χ1n) is 15.6. The summed E-state index contributed by atoms with van der Waals surface area (Å²) in [5.74, 6) is -2.78. The minimum Gasteiger partial charge on any atom is -0.495 e. The summed E-state index contributed by atoms with van der Waals surface area (Å²) >= 11 is 6.30. The van der Waals surface area contributed by atoms with Gasteiger partial charge in [-0.2, -0.15) is 0 Å². The number of epoxide rings is 1. The predicted octanol–water partition coefficient (Wildman–Crippen LogP) is 4.73. The molecular formula is C35H43ClN2O8. The van der Waals surface area contributed by atoms with E-state index < -0.39 is 47.9 Å². The molecule has 0 bridgehead atoms. The van der Waals surface area contributed by atoms with Crippen molar-refractivity contribution in [3.63, 3.8) is 0 Å². The monoisotopic (exact) mass is 654 g/mol. The van der Waals surface area contributed by atoms with Crippen LogP contribution >= 0.6 is 11.6 Å². The fourth-order valence-corrected chi connectivity index (χ4v) is 5.67. The lowest BCUT2D eigenvalue weighted by Gasteiger charge is -2.27. The summed E-state index contributed by atoms with van der Waals surface area (Å²) in [6.45, 7) is 7.31. The fraction of sp³-hybridized carbons (Fsp3) is 0.486. The van der Waals surface area contributed by atoms with Gasteiger partial charge in [-0.05, 0) is 41.7 Å². The van der Waals surface area contributed by atoms with Crippen molar-refractivity contribution < 1.29 is 38.1 Å². The SMILES string of the molecule is COc1ccc(C[C@H]2NC(=O)/C=C\C[C@@H]([C@H](C)[C@@H]3O[C@H]3c3ccccc3)OC(=O)[C@H](CC(C)C)OC(=O)[C@H](C)CNC2=O)cc1Cl. The molecule has 248 valence electrons. The van der Waals surface area contributed by atoms with Crippen LogP contribution in [0, 0.1) is 17.8 Å². The third kappa shape index (κ3) is 9.56.